The minimum atomic E-state index is -0.338. The highest BCUT2D eigenvalue weighted by Gasteiger charge is 2.25. The monoisotopic (exact) mass is 551 g/mol. The van der Waals surface area contributed by atoms with Gasteiger partial charge >= 0.3 is 0 Å². The molecule has 39 heavy (non-hydrogen) atoms. The molecule has 4 N–H and O–H groups in total. The van der Waals surface area contributed by atoms with Gasteiger partial charge in [0.05, 0.1) is 11.4 Å². The van der Waals surface area contributed by atoms with E-state index in [1.807, 2.05) is 24.3 Å². The number of likely N-dealkylation sites (N-methyl/N-ethyl adjacent to an activating group) is 1. The van der Waals surface area contributed by atoms with E-state index in [0.717, 1.165) is 51.0 Å². The van der Waals surface area contributed by atoms with Crippen molar-refractivity contribution in [1.29, 1.82) is 0 Å². The number of rotatable bonds is 6. The number of nitrogen functional groups attached to an aromatic ring is 1. The van der Waals surface area contributed by atoms with Crippen LogP contribution < -0.4 is 21.3 Å². The van der Waals surface area contributed by atoms with Crippen LogP contribution in [0.15, 0.2) is 42.7 Å². The number of carbonyl (C=O) groups excluding carboxylic acids is 1. The molecule has 3 aromatic rings. The Morgan fingerprint density at radius 3 is 2.56 bits per heavy atom. The number of nitrogens with two attached hydrogens (primary N) is 1. The Morgan fingerprint density at radius 1 is 1.10 bits per heavy atom. The minimum Gasteiger partial charge on any atom is -0.393 e. The summed E-state index contributed by atoms with van der Waals surface area (Å²) in [7, 11) is 2.09. The molecule has 5 rings (SSSR count). The third kappa shape index (κ3) is 6.09. The Morgan fingerprint density at radius 2 is 1.85 bits per heavy atom. The molecule has 0 radical (unpaired) electrons. The number of benzene rings is 2. The summed E-state index contributed by atoms with van der Waals surface area (Å²) in [6, 6.07) is 10.9. The van der Waals surface area contributed by atoms with Crippen LogP contribution in [0.4, 0.5) is 33.0 Å². The highest BCUT2D eigenvalue weighted by atomic mass is 35.5. The molecule has 206 valence electrons. The first-order valence-electron chi connectivity index (χ1n) is 13.5. The zero-order chi connectivity index (χ0) is 27.5. The lowest BCUT2D eigenvalue weighted by Gasteiger charge is -2.39. The lowest BCUT2D eigenvalue weighted by Crippen LogP contribution is -2.50. The van der Waals surface area contributed by atoms with Gasteiger partial charge < -0.3 is 26.2 Å². The maximum atomic E-state index is 15.7. The predicted molar refractivity (Wildman–Crippen MR) is 156 cm³/mol. The van der Waals surface area contributed by atoms with Crippen LogP contribution in [0.3, 0.4) is 0 Å². The summed E-state index contributed by atoms with van der Waals surface area (Å²) in [5.74, 6) is 0.149. The molecule has 1 saturated carbocycles. The van der Waals surface area contributed by atoms with Crippen molar-refractivity contribution in [2.24, 2.45) is 5.92 Å². The fraction of sp³-hybridized carbons (Fsp3) is 0.414. The van der Waals surface area contributed by atoms with Gasteiger partial charge in [-0.1, -0.05) is 43.0 Å². The van der Waals surface area contributed by atoms with Gasteiger partial charge in [-0.3, -0.25) is 4.79 Å². The SMILES string of the molecule is C[C@H]1CN(c2cc(F)c(-c3ccc(NC(=O)C4CCCCC4)cc3)cc2Nc2ncnc(Cl)c2N)CCN1C. The van der Waals surface area contributed by atoms with E-state index in [-0.39, 0.29) is 28.5 Å². The number of halogens is 2. The van der Waals surface area contributed by atoms with Crippen molar-refractivity contribution in [2.45, 2.75) is 45.1 Å². The van der Waals surface area contributed by atoms with Crippen LogP contribution in [0.2, 0.25) is 5.15 Å². The van der Waals surface area contributed by atoms with Crippen LogP contribution in [-0.4, -0.2) is 53.5 Å². The average Bonchev–Trinajstić information content (AvgIpc) is 2.94. The summed E-state index contributed by atoms with van der Waals surface area (Å²) in [6.07, 6.45) is 6.61. The summed E-state index contributed by atoms with van der Waals surface area (Å²) in [5, 5.41) is 6.45. The lowest BCUT2D eigenvalue weighted by atomic mass is 9.88. The third-order valence-electron chi connectivity index (χ3n) is 7.91. The van der Waals surface area contributed by atoms with Crippen molar-refractivity contribution in [3.63, 3.8) is 0 Å². The highest BCUT2D eigenvalue weighted by Crippen LogP contribution is 2.38. The third-order valence-corrected chi connectivity index (χ3v) is 8.21. The molecular weight excluding hydrogens is 517 g/mol. The van der Waals surface area contributed by atoms with E-state index in [1.165, 1.54) is 12.7 Å². The van der Waals surface area contributed by atoms with Gasteiger partial charge in [0.1, 0.15) is 17.8 Å². The van der Waals surface area contributed by atoms with Crippen molar-refractivity contribution < 1.29 is 9.18 Å². The number of carbonyl (C=O) groups is 1. The zero-order valence-corrected chi connectivity index (χ0v) is 23.1. The van der Waals surface area contributed by atoms with Gasteiger partial charge in [-0.2, -0.15) is 0 Å². The maximum Gasteiger partial charge on any atom is 0.227 e. The normalized spacial score (nSPS) is 18.7. The van der Waals surface area contributed by atoms with E-state index in [9.17, 15) is 4.79 Å². The molecule has 2 aliphatic rings. The van der Waals surface area contributed by atoms with Gasteiger partial charge in [0.25, 0.3) is 0 Å². The van der Waals surface area contributed by atoms with Crippen LogP contribution in [0.5, 0.6) is 0 Å². The minimum absolute atomic E-state index is 0.0620. The van der Waals surface area contributed by atoms with E-state index in [0.29, 0.717) is 34.4 Å². The smallest absolute Gasteiger partial charge is 0.227 e. The lowest BCUT2D eigenvalue weighted by molar-refractivity contribution is -0.120. The molecule has 1 aromatic heterocycles. The molecule has 1 amide bonds. The largest absolute Gasteiger partial charge is 0.393 e. The van der Waals surface area contributed by atoms with E-state index < -0.39 is 0 Å². The average molecular weight is 552 g/mol. The summed E-state index contributed by atoms with van der Waals surface area (Å²) in [5.41, 5.74) is 9.58. The summed E-state index contributed by atoms with van der Waals surface area (Å²) in [4.78, 5) is 25.3. The van der Waals surface area contributed by atoms with Gasteiger partial charge in [-0.25, -0.2) is 14.4 Å². The number of amides is 1. The number of piperazine rings is 1. The van der Waals surface area contributed by atoms with E-state index in [2.05, 4.69) is 44.4 Å². The number of nitrogens with zero attached hydrogens (tertiary/aromatic N) is 4. The molecule has 2 heterocycles. The summed E-state index contributed by atoms with van der Waals surface area (Å²) in [6.45, 7) is 4.52. The van der Waals surface area contributed by atoms with Gasteiger partial charge in [0.2, 0.25) is 5.91 Å². The fourth-order valence-electron chi connectivity index (χ4n) is 5.36. The van der Waals surface area contributed by atoms with Crippen molar-refractivity contribution in [3.05, 3.63) is 53.7 Å². The molecule has 1 atom stereocenters. The van der Waals surface area contributed by atoms with Crippen LogP contribution >= 0.6 is 11.6 Å². The Bertz CT molecular complexity index is 1330. The van der Waals surface area contributed by atoms with Gasteiger partial charge in [0.15, 0.2) is 11.0 Å². The number of hydrogen-bond acceptors (Lipinski definition) is 7. The summed E-state index contributed by atoms with van der Waals surface area (Å²) >= 11 is 6.13. The Labute approximate surface area is 233 Å². The van der Waals surface area contributed by atoms with Crippen LogP contribution in [0.25, 0.3) is 11.1 Å². The topological polar surface area (TPSA) is 99.4 Å². The summed E-state index contributed by atoms with van der Waals surface area (Å²) < 4.78 is 15.7. The van der Waals surface area contributed by atoms with Gasteiger partial charge in [-0.15, -0.1) is 0 Å². The second-order valence-electron chi connectivity index (χ2n) is 10.6. The van der Waals surface area contributed by atoms with Gasteiger partial charge in [-0.05, 0) is 56.6 Å². The molecule has 0 spiro atoms. The first kappa shape index (κ1) is 27.1. The van der Waals surface area contributed by atoms with E-state index in [1.54, 1.807) is 12.1 Å². The maximum absolute atomic E-state index is 15.7. The highest BCUT2D eigenvalue weighted by molar-refractivity contribution is 6.32. The fourth-order valence-corrected chi connectivity index (χ4v) is 5.49. The molecule has 1 aliphatic heterocycles. The quantitative estimate of drug-likeness (QED) is 0.327. The van der Waals surface area contributed by atoms with Crippen LogP contribution in [0, 0.1) is 11.7 Å². The predicted octanol–water partition coefficient (Wildman–Crippen LogP) is 5.92. The molecule has 0 bridgehead atoms. The van der Waals surface area contributed by atoms with Crippen molar-refractivity contribution >= 4 is 46.1 Å². The number of hydrogen-bond donors (Lipinski definition) is 3. The second kappa shape index (κ2) is 11.8. The molecule has 10 heteroatoms. The molecule has 1 aliphatic carbocycles. The second-order valence-corrected chi connectivity index (χ2v) is 10.9. The standard InChI is InChI=1S/C29H35ClFN7O/c1-18-16-38(13-12-37(18)2)25-15-23(31)22(14-24(25)36-28-26(32)27(30)33-17-34-28)19-8-10-21(11-9-19)35-29(39)20-6-4-3-5-7-20/h8-11,14-15,17-18,20H,3-7,12-13,16,32H2,1-2H3,(H,35,39)(H,33,34,36)/t18-/m0/s1. The number of aromatic nitrogens is 2. The first-order valence-corrected chi connectivity index (χ1v) is 13.9. The van der Waals surface area contributed by atoms with Crippen molar-refractivity contribution in [2.75, 3.05) is 47.9 Å². The zero-order valence-electron chi connectivity index (χ0n) is 22.4. The number of nitrogens with one attached hydrogen (secondary N) is 2. The Balaban J connectivity index is 1.45. The first-order chi connectivity index (χ1) is 18.8. The molecule has 1 saturated heterocycles. The molecule has 8 nitrogen and oxygen atoms in total. The van der Waals surface area contributed by atoms with Crippen molar-refractivity contribution in [1.82, 2.24) is 14.9 Å². The Hall–Kier alpha value is -3.43. The molecule has 2 fully saturated rings. The van der Waals surface area contributed by atoms with Crippen LogP contribution in [-0.2, 0) is 4.79 Å². The van der Waals surface area contributed by atoms with Crippen LogP contribution in [0.1, 0.15) is 39.0 Å². The van der Waals surface area contributed by atoms with E-state index in [4.69, 9.17) is 17.3 Å². The van der Waals surface area contributed by atoms with E-state index >= 15 is 4.39 Å². The number of anilines is 5. The Kier molecular flexibility index (Phi) is 8.18. The molecule has 0 unspecified atom stereocenters. The molecule has 2 aromatic carbocycles. The molecular formula is C29H35ClFN7O. The van der Waals surface area contributed by atoms with Gasteiger partial charge in [0, 0.05) is 42.8 Å². The van der Waals surface area contributed by atoms with Crippen molar-refractivity contribution in [3.8, 4) is 11.1 Å².